The Morgan fingerprint density at radius 3 is 2.80 bits per heavy atom. The first-order valence-corrected chi connectivity index (χ1v) is 4.94. The van der Waals surface area contributed by atoms with E-state index in [0.29, 0.717) is 22.5 Å². The summed E-state index contributed by atoms with van der Waals surface area (Å²) in [7, 11) is 0. The van der Waals surface area contributed by atoms with Crippen LogP contribution in [0.15, 0.2) is 24.4 Å². The van der Waals surface area contributed by atoms with Crippen molar-refractivity contribution in [2.75, 3.05) is 0 Å². The summed E-state index contributed by atoms with van der Waals surface area (Å²) in [4.78, 5) is 0. The zero-order valence-corrected chi connectivity index (χ0v) is 9.09. The number of nitrogens with zero attached hydrogens (tertiary/aromatic N) is 2. The minimum Gasteiger partial charge on any atom is -0.471 e. The second-order valence-electron chi connectivity index (χ2n) is 2.85. The molecular weight excluding hydrogens is 237 g/mol. The molecule has 2 aromatic rings. The molecular formula is C9H7Cl2N3O. The molecule has 1 aromatic carbocycles. The van der Waals surface area contributed by atoms with Gasteiger partial charge in [-0.2, -0.15) is 0 Å². The first-order valence-electron chi connectivity index (χ1n) is 4.19. The summed E-state index contributed by atoms with van der Waals surface area (Å²) in [6, 6.07) is 5.32. The predicted octanol–water partition coefficient (Wildman–Crippen LogP) is 2.69. The van der Waals surface area contributed by atoms with Crippen LogP contribution in [0.5, 0.6) is 5.88 Å². The van der Waals surface area contributed by atoms with Gasteiger partial charge in [0.05, 0.1) is 16.2 Å². The van der Waals surface area contributed by atoms with Crippen LogP contribution in [0.25, 0.3) is 0 Å². The number of H-pyrrole nitrogens is 1. The molecule has 1 aromatic heterocycles. The minimum absolute atomic E-state index is 0.378. The molecule has 1 N–H and O–H groups in total. The second kappa shape index (κ2) is 4.51. The fraction of sp³-hybridized carbons (Fsp3) is 0.111. The smallest absolute Gasteiger partial charge is 0.253 e. The molecule has 0 amide bonds. The van der Waals surface area contributed by atoms with Crippen molar-refractivity contribution in [2.45, 2.75) is 6.61 Å². The number of benzene rings is 1. The van der Waals surface area contributed by atoms with Crippen molar-refractivity contribution < 1.29 is 4.74 Å². The number of aromatic amines is 1. The second-order valence-corrected chi connectivity index (χ2v) is 3.66. The zero-order valence-electron chi connectivity index (χ0n) is 7.58. The van der Waals surface area contributed by atoms with Crippen molar-refractivity contribution in [1.29, 1.82) is 0 Å². The van der Waals surface area contributed by atoms with Gasteiger partial charge in [0.15, 0.2) is 0 Å². The van der Waals surface area contributed by atoms with Crippen molar-refractivity contribution in [1.82, 2.24) is 15.4 Å². The van der Waals surface area contributed by atoms with Gasteiger partial charge in [-0.05, 0) is 17.7 Å². The minimum atomic E-state index is 0.378. The third-order valence-corrected chi connectivity index (χ3v) is 2.50. The van der Waals surface area contributed by atoms with Crippen LogP contribution in [0.1, 0.15) is 5.56 Å². The molecule has 2 rings (SSSR count). The summed E-state index contributed by atoms with van der Waals surface area (Å²) in [5.41, 5.74) is 0.924. The zero-order chi connectivity index (χ0) is 10.7. The summed E-state index contributed by atoms with van der Waals surface area (Å²) in [5.74, 6) is 0.445. The van der Waals surface area contributed by atoms with E-state index in [1.54, 1.807) is 18.3 Å². The molecule has 0 unspecified atom stereocenters. The van der Waals surface area contributed by atoms with Crippen molar-refractivity contribution >= 4 is 23.2 Å². The standard InChI is InChI=1S/C9H7Cl2N3O/c10-7-2-1-6(3-8(7)11)5-15-9-4-12-14-13-9/h1-4H,5H2,(H,12,13,14). The maximum absolute atomic E-state index is 5.85. The maximum Gasteiger partial charge on any atom is 0.253 e. The van der Waals surface area contributed by atoms with Crippen LogP contribution in [-0.4, -0.2) is 15.4 Å². The number of hydrogen-bond donors (Lipinski definition) is 1. The van der Waals surface area contributed by atoms with Gasteiger partial charge in [0, 0.05) is 0 Å². The molecule has 0 bridgehead atoms. The van der Waals surface area contributed by atoms with Crippen LogP contribution < -0.4 is 4.74 Å². The molecule has 0 saturated carbocycles. The lowest BCUT2D eigenvalue weighted by molar-refractivity contribution is 0.293. The monoisotopic (exact) mass is 243 g/mol. The quantitative estimate of drug-likeness (QED) is 0.902. The number of halogens is 2. The molecule has 0 saturated heterocycles. The molecule has 4 nitrogen and oxygen atoms in total. The Morgan fingerprint density at radius 1 is 1.27 bits per heavy atom. The first-order chi connectivity index (χ1) is 7.25. The largest absolute Gasteiger partial charge is 0.471 e. The summed E-state index contributed by atoms with van der Waals surface area (Å²) in [6.07, 6.45) is 1.57. The number of nitrogens with one attached hydrogen (secondary N) is 1. The van der Waals surface area contributed by atoms with Crippen LogP contribution in [0.4, 0.5) is 0 Å². The van der Waals surface area contributed by atoms with E-state index in [0.717, 1.165) is 5.56 Å². The SMILES string of the molecule is Clc1ccc(COc2c[nH]nn2)cc1Cl. The topological polar surface area (TPSA) is 50.8 Å². The number of aromatic nitrogens is 3. The van der Waals surface area contributed by atoms with Crippen LogP contribution in [-0.2, 0) is 6.61 Å². The van der Waals surface area contributed by atoms with Gasteiger partial charge in [-0.1, -0.05) is 39.6 Å². The molecule has 1 heterocycles. The molecule has 0 aliphatic rings. The van der Waals surface area contributed by atoms with Crippen LogP contribution >= 0.6 is 23.2 Å². The molecule has 15 heavy (non-hydrogen) atoms. The molecule has 0 fully saturated rings. The van der Waals surface area contributed by atoms with E-state index in [4.69, 9.17) is 27.9 Å². The fourth-order valence-corrected chi connectivity index (χ4v) is 1.37. The normalized spacial score (nSPS) is 10.3. The molecule has 0 aliphatic heterocycles. The summed E-state index contributed by atoms with van der Waals surface area (Å²) >= 11 is 11.6. The van der Waals surface area contributed by atoms with Gasteiger partial charge in [0.2, 0.25) is 0 Å². The van der Waals surface area contributed by atoms with Gasteiger partial charge < -0.3 is 4.74 Å². The van der Waals surface area contributed by atoms with E-state index in [2.05, 4.69) is 15.4 Å². The van der Waals surface area contributed by atoms with E-state index < -0.39 is 0 Å². The Bertz CT molecular complexity index is 445. The fourth-order valence-electron chi connectivity index (χ4n) is 1.05. The van der Waals surface area contributed by atoms with Crippen molar-refractivity contribution in [2.24, 2.45) is 0 Å². The molecule has 6 heteroatoms. The van der Waals surface area contributed by atoms with E-state index in [9.17, 15) is 0 Å². The molecule has 78 valence electrons. The highest BCUT2D eigenvalue weighted by Crippen LogP contribution is 2.22. The summed E-state index contributed by atoms with van der Waals surface area (Å²) in [5, 5.41) is 10.8. The van der Waals surface area contributed by atoms with Gasteiger partial charge in [-0.3, -0.25) is 5.10 Å². The first kappa shape index (κ1) is 10.3. The average molecular weight is 244 g/mol. The van der Waals surface area contributed by atoms with E-state index in [1.165, 1.54) is 0 Å². The molecule has 0 spiro atoms. The van der Waals surface area contributed by atoms with Crippen LogP contribution in [0.3, 0.4) is 0 Å². The van der Waals surface area contributed by atoms with Crippen LogP contribution in [0.2, 0.25) is 10.0 Å². The maximum atomic E-state index is 5.85. The number of rotatable bonds is 3. The summed E-state index contributed by atoms with van der Waals surface area (Å²) < 4.78 is 5.32. The van der Waals surface area contributed by atoms with Crippen molar-refractivity contribution in [3.63, 3.8) is 0 Å². The van der Waals surface area contributed by atoms with Gasteiger partial charge in [0.1, 0.15) is 6.61 Å². The van der Waals surface area contributed by atoms with Crippen LogP contribution in [0, 0.1) is 0 Å². The third-order valence-electron chi connectivity index (χ3n) is 1.77. The van der Waals surface area contributed by atoms with Gasteiger partial charge in [0.25, 0.3) is 5.88 Å². The molecule has 0 atom stereocenters. The van der Waals surface area contributed by atoms with E-state index >= 15 is 0 Å². The van der Waals surface area contributed by atoms with E-state index in [-0.39, 0.29) is 0 Å². The molecule has 0 radical (unpaired) electrons. The van der Waals surface area contributed by atoms with Crippen molar-refractivity contribution in [3.05, 3.63) is 40.0 Å². The Labute approximate surface area is 96.2 Å². The lowest BCUT2D eigenvalue weighted by Gasteiger charge is -2.03. The number of hydrogen-bond acceptors (Lipinski definition) is 3. The van der Waals surface area contributed by atoms with Gasteiger partial charge >= 0.3 is 0 Å². The van der Waals surface area contributed by atoms with Crippen molar-refractivity contribution in [3.8, 4) is 5.88 Å². The average Bonchev–Trinajstić information content (AvgIpc) is 2.73. The predicted molar refractivity (Wildman–Crippen MR) is 57.2 cm³/mol. The Kier molecular flexibility index (Phi) is 3.08. The van der Waals surface area contributed by atoms with E-state index in [1.807, 2.05) is 6.07 Å². The molecule has 0 aliphatic carbocycles. The Balaban J connectivity index is 2.02. The Hall–Kier alpha value is -1.26. The number of ether oxygens (including phenoxy) is 1. The highest BCUT2D eigenvalue weighted by Gasteiger charge is 2.01. The Morgan fingerprint density at radius 2 is 2.13 bits per heavy atom. The third kappa shape index (κ3) is 2.61. The van der Waals surface area contributed by atoms with Gasteiger partial charge in [-0.15, -0.1) is 0 Å². The van der Waals surface area contributed by atoms with Gasteiger partial charge in [-0.25, -0.2) is 0 Å². The highest BCUT2D eigenvalue weighted by molar-refractivity contribution is 6.41. The lowest BCUT2D eigenvalue weighted by Crippen LogP contribution is -1.95. The highest BCUT2D eigenvalue weighted by atomic mass is 35.5. The summed E-state index contributed by atoms with van der Waals surface area (Å²) in [6.45, 7) is 0.378. The lowest BCUT2D eigenvalue weighted by atomic mass is 10.2.